The van der Waals surface area contributed by atoms with Gasteiger partial charge >= 0.3 is 0 Å². The van der Waals surface area contributed by atoms with Crippen LogP contribution in [-0.2, 0) is 22.3 Å². The standard InChI is InChI=1S/C21H22N2O2S/c1-17-10-11-21(13-18(17)2)23(15-20-9-6-12-22-14-20)26(24,25)16-19-7-4-3-5-8-19/h3-14H,15-16H2,1-2H3. The van der Waals surface area contributed by atoms with Gasteiger partial charge < -0.3 is 0 Å². The molecular weight excluding hydrogens is 344 g/mol. The zero-order chi connectivity index (χ0) is 18.6. The number of benzene rings is 2. The maximum Gasteiger partial charge on any atom is 0.239 e. The van der Waals surface area contributed by atoms with Crippen molar-refractivity contribution in [3.63, 3.8) is 0 Å². The molecule has 0 saturated heterocycles. The third-order valence-electron chi connectivity index (χ3n) is 4.36. The molecule has 1 aromatic heterocycles. The third-order valence-corrected chi connectivity index (χ3v) is 6.06. The van der Waals surface area contributed by atoms with Gasteiger partial charge in [-0.1, -0.05) is 42.5 Å². The van der Waals surface area contributed by atoms with Crippen molar-refractivity contribution >= 4 is 15.7 Å². The summed E-state index contributed by atoms with van der Waals surface area (Å²) in [4.78, 5) is 4.11. The zero-order valence-electron chi connectivity index (χ0n) is 15.0. The fraction of sp³-hybridized carbons (Fsp3) is 0.190. The molecule has 0 saturated carbocycles. The van der Waals surface area contributed by atoms with E-state index in [-0.39, 0.29) is 12.3 Å². The monoisotopic (exact) mass is 366 g/mol. The molecule has 0 amide bonds. The summed E-state index contributed by atoms with van der Waals surface area (Å²) >= 11 is 0. The Labute approximate surface area is 155 Å². The number of hydrogen-bond donors (Lipinski definition) is 0. The van der Waals surface area contributed by atoms with Gasteiger partial charge in [0.25, 0.3) is 0 Å². The minimum atomic E-state index is -3.55. The van der Waals surface area contributed by atoms with Crippen LogP contribution < -0.4 is 4.31 Å². The summed E-state index contributed by atoms with van der Waals surface area (Å²) in [5, 5.41) is 0. The van der Waals surface area contributed by atoms with Crippen LogP contribution in [-0.4, -0.2) is 13.4 Å². The van der Waals surface area contributed by atoms with E-state index in [1.165, 1.54) is 4.31 Å². The molecule has 3 rings (SSSR count). The predicted molar refractivity (Wildman–Crippen MR) is 105 cm³/mol. The van der Waals surface area contributed by atoms with Crippen molar-refractivity contribution in [2.45, 2.75) is 26.1 Å². The molecule has 0 N–H and O–H groups in total. The van der Waals surface area contributed by atoms with Crippen molar-refractivity contribution in [3.8, 4) is 0 Å². The summed E-state index contributed by atoms with van der Waals surface area (Å²) in [6, 6.07) is 18.7. The van der Waals surface area contributed by atoms with Gasteiger partial charge in [-0.05, 0) is 54.3 Å². The molecule has 0 unspecified atom stereocenters. The van der Waals surface area contributed by atoms with Crippen molar-refractivity contribution in [2.75, 3.05) is 4.31 Å². The first-order chi connectivity index (χ1) is 12.5. The molecule has 0 aliphatic carbocycles. The van der Waals surface area contributed by atoms with Gasteiger partial charge in [0, 0.05) is 12.4 Å². The van der Waals surface area contributed by atoms with Crippen LogP contribution in [0.4, 0.5) is 5.69 Å². The van der Waals surface area contributed by atoms with Gasteiger partial charge in [0.05, 0.1) is 18.0 Å². The first kappa shape index (κ1) is 18.1. The Morgan fingerprint density at radius 1 is 0.885 bits per heavy atom. The molecule has 0 aliphatic rings. The fourth-order valence-corrected chi connectivity index (χ4v) is 4.30. The highest BCUT2D eigenvalue weighted by Gasteiger charge is 2.24. The minimum absolute atomic E-state index is 0.0406. The highest BCUT2D eigenvalue weighted by Crippen LogP contribution is 2.25. The lowest BCUT2D eigenvalue weighted by Crippen LogP contribution is -2.31. The summed E-state index contributed by atoms with van der Waals surface area (Å²) < 4.78 is 27.9. The van der Waals surface area contributed by atoms with Crippen molar-refractivity contribution in [2.24, 2.45) is 0 Å². The van der Waals surface area contributed by atoms with Gasteiger partial charge in [-0.25, -0.2) is 8.42 Å². The van der Waals surface area contributed by atoms with Crippen LogP contribution in [0.25, 0.3) is 0 Å². The first-order valence-electron chi connectivity index (χ1n) is 8.46. The molecule has 0 bridgehead atoms. The molecule has 2 aromatic carbocycles. The second-order valence-electron chi connectivity index (χ2n) is 6.38. The van der Waals surface area contributed by atoms with Gasteiger partial charge in [-0.2, -0.15) is 0 Å². The van der Waals surface area contributed by atoms with E-state index in [1.54, 1.807) is 12.4 Å². The summed E-state index contributed by atoms with van der Waals surface area (Å²) in [5.74, 6) is -0.0406. The quantitative estimate of drug-likeness (QED) is 0.656. The van der Waals surface area contributed by atoms with E-state index >= 15 is 0 Å². The molecule has 3 aromatic rings. The van der Waals surface area contributed by atoms with Gasteiger partial charge in [-0.15, -0.1) is 0 Å². The highest BCUT2D eigenvalue weighted by molar-refractivity contribution is 7.92. The van der Waals surface area contributed by atoms with Crippen LogP contribution >= 0.6 is 0 Å². The van der Waals surface area contributed by atoms with E-state index in [2.05, 4.69) is 4.98 Å². The maximum atomic E-state index is 13.2. The van der Waals surface area contributed by atoms with Crippen LogP contribution in [0, 0.1) is 13.8 Å². The molecule has 26 heavy (non-hydrogen) atoms. The molecule has 4 nitrogen and oxygen atoms in total. The predicted octanol–water partition coefficient (Wildman–Crippen LogP) is 4.24. The van der Waals surface area contributed by atoms with E-state index in [0.717, 1.165) is 22.3 Å². The number of nitrogens with zero attached hydrogens (tertiary/aromatic N) is 2. The smallest absolute Gasteiger partial charge is 0.239 e. The number of pyridine rings is 1. The summed E-state index contributed by atoms with van der Waals surface area (Å²) in [7, 11) is -3.55. The number of hydrogen-bond acceptors (Lipinski definition) is 3. The number of anilines is 1. The van der Waals surface area contributed by atoms with Crippen LogP contribution in [0.2, 0.25) is 0 Å². The van der Waals surface area contributed by atoms with Crippen LogP contribution in [0.5, 0.6) is 0 Å². The number of sulfonamides is 1. The summed E-state index contributed by atoms with van der Waals surface area (Å²) in [5.41, 5.74) is 4.49. The Balaban J connectivity index is 2.00. The molecule has 0 spiro atoms. The second-order valence-corrected chi connectivity index (χ2v) is 8.27. The van der Waals surface area contributed by atoms with Gasteiger partial charge in [0.2, 0.25) is 10.0 Å². The lowest BCUT2D eigenvalue weighted by atomic mass is 10.1. The Hall–Kier alpha value is -2.66. The Bertz CT molecular complexity index is 971. The molecule has 0 atom stereocenters. The summed E-state index contributed by atoms with van der Waals surface area (Å²) in [6.07, 6.45) is 3.38. The third kappa shape index (κ3) is 4.29. The van der Waals surface area contributed by atoms with E-state index in [4.69, 9.17) is 0 Å². The minimum Gasteiger partial charge on any atom is -0.265 e. The molecule has 134 valence electrons. The van der Waals surface area contributed by atoms with Gasteiger partial charge in [-0.3, -0.25) is 9.29 Å². The average molecular weight is 366 g/mol. The molecule has 0 fully saturated rings. The Kier molecular flexibility index (Phi) is 5.38. The molecule has 1 heterocycles. The van der Waals surface area contributed by atoms with Crippen LogP contribution in [0.1, 0.15) is 22.3 Å². The normalized spacial score (nSPS) is 11.3. The highest BCUT2D eigenvalue weighted by atomic mass is 32.2. The van der Waals surface area contributed by atoms with Crippen molar-refractivity contribution in [1.29, 1.82) is 0 Å². The number of aryl methyl sites for hydroxylation is 2. The Morgan fingerprint density at radius 3 is 2.27 bits per heavy atom. The lowest BCUT2D eigenvalue weighted by molar-refractivity contribution is 0.589. The van der Waals surface area contributed by atoms with Crippen molar-refractivity contribution in [3.05, 3.63) is 95.3 Å². The van der Waals surface area contributed by atoms with Crippen LogP contribution in [0.3, 0.4) is 0 Å². The lowest BCUT2D eigenvalue weighted by Gasteiger charge is -2.25. The van der Waals surface area contributed by atoms with Crippen LogP contribution in [0.15, 0.2) is 73.1 Å². The molecular formula is C21H22N2O2S. The van der Waals surface area contributed by atoms with Crippen molar-refractivity contribution in [1.82, 2.24) is 4.98 Å². The van der Waals surface area contributed by atoms with E-state index in [1.807, 2.05) is 74.5 Å². The second kappa shape index (κ2) is 7.70. The SMILES string of the molecule is Cc1ccc(N(Cc2cccnc2)S(=O)(=O)Cc2ccccc2)cc1C. The topological polar surface area (TPSA) is 50.3 Å². The zero-order valence-corrected chi connectivity index (χ0v) is 15.8. The van der Waals surface area contributed by atoms with E-state index in [0.29, 0.717) is 5.69 Å². The number of aromatic nitrogens is 1. The van der Waals surface area contributed by atoms with Crippen molar-refractivity contribution < 1.29 is 8.42 Å². The van der Waals surface area contributed by atoms with E-state index in [9.17, 15) is 8.42 Å². The van der Waals surface area contributed by atoms with Gasteiger partial charge in [0.1, 0.15) is 0 Å². The molecule has 5 heteroatoms. The fourth-order valence-electron chi connectivity index (χ4n) is 2.75. The van der Waals surface area contributed by atoms with Gasteiger partial charge in [0.15, 0.2) is 0 Å². The average Bonchev–Trinajstić information content (AvgIpc) is 2.63. The first-order valence-corrected chi connectivity index (χ1v) is 10.1. The molecule has 0 aliphatic heterocycles. The Morgan fingerprint density at radius 2 is 1.62 bits per heavy atom. The van der Waals surface area contributed by atoms with E-state index < -0.39 is 10.0 Å². The summed E-state index contributed by atoms with van der Waals surface area (Å²) in [6.45, 7) is 4.26. The largest absolute Gasteiger partial charge is 0.265 e. The maximum absolute atomic E-state index is 13.2. The number of rotatable bonds is 6. The molecule has 0 radical (unpaired) electrons.